The number of ether oxygens (including phenoxy) is 4. The monoisotopic (exact) mass is 1330 g/mol. The second-order valence-electron chi connectivity index (χ2n) is 27.3. The Labute approximate surface area is 544 Å². The Kier molecular flexibility index (Phi) is 33.7. The molecule has 0 saturated carbocycles. The molecule has 530 valence electrons. The van der Waals surface area contributed by atoms with Crippen LogP contribution in [-0.2, 0) is 62.1 Å². The van der Waals surface area contributed by atoms with Crippen LogP contribution in [0.15, 0.2) is 11.5 Å². The molecule has 1 heterocycles. The standard InChI is InChI=1S/C60H106N14O19/c1-31(2)29-40-49(82)70-36(20-25-63-53(86)90-57(7,8)9)45(78)69-39(23-28-66-56(89)93-60(16,17)18)48(81)74-43(34(6)76)52(85)62-24-19-35(67-46(79)38(71-51(84)42(61)33(5)75)22-27-65-55(88)92-59(13,14)15)44(77)68-37(21-26-64-54(87)91-58(10,11)12)47(80)72-41(30-32(3)4)50(83)73-40/h31-32,34-41,43,75-76H,19-30,61H2,1-18H3,(H,62,85)(H,63,86)(H,64,87)(H,65,88)(H,66,89)(H,67,79)(H,68,77)(H,69,78)(H,70,82)(H,71,84)(H,72,80)(H,73,83)(H,74,81)/b42-33-/t34?,35-,36-,37-,38-,39-,40-,41+,43-/m0/s1. The third-order valence-electron chi connectivity index (χ3n) is 12.7. The van der Waals surface area contributed by atoms with Crippen LogP contribution >= 0.6 is 0 Å². The minimum atomic E-state index is -1.84. The van der Waals surface area contributed by atoms with Gasteiger partial charge in [0.2, 0.25) is 47.3 Å². The molecule has 9 atom stereocenters. The minimum Gasteiger partial charge on any atom is -0.510 e. The molecular formula is C60H106N14O19. The van der Waals surface area contributed by atoms with Gasteiger partial charge in [-0.15, -0.1) is 0 Å². The van der Waals surface area contributed by atoms with E-state index >= 15 is 0 Å². The van der Waals surface area contributed by atoms with Gasteiger partial charge in [0.15, 0.2) is 0 Å². The number of carbonyl (C=O) groups excluding carboxylic acids is 13. The Morgan fingerprint density at radius 3 is 1.16 bits per heavy atom. The molecule has 0 aromatic rings. The van der Waals surface area contributed by atoms with Crippen molar-refractivity contribution >= 4 is 77.5 Å². The van der Waals surface area contributed by atoms with E-state index in [1.54, 1.807) is 111 Å². The smallest absolute Gasteiger partial charge is 0.407 e. The molecule has 0 aromatic carbocycles. The van der Waals surface area contributed by atoms with Crippen LogP contribution in [-0.4, -0.2) is 197 Å². The molecule has 1 saturated heterocycles. The van der Waals surface area contributed by atoms with Crippen molar-refractivity contribution in [3.05, 3.63) is 11.5 Å². The highest BCUT2D eigenvalue weighted by atomic mass is 16.6. The summed E-state index contributed by atoms with van der Waals surface area (Å²) in [5.41, 5.74) is 1.31. The summed E-state index contributed by atoms with van der Waals surface area (Å²) in [5, 5.41) is 53.8. The van der Waals surface area contributed by atoms with E-state index in [1.165, 1.54) is 0 Å². The SMILES string of the molecule is C/C(O)=C(/N)C(=O)N[C@@H](CCNC(=O)OC(C)(C)C)C(=O)N[C@H]1CCNC(=O)[C@H](C(C)O)NC(=O)[C@H](CCNC(=O)OC(C)(C)C)NC(=O)[C@H](CCNC(=O)OC(C)(C)C)NC(=O)[C@H](CC(C)C)NC(=O)[C@@H](CC(C)C)NC(=O)[C@H](CCNC(=O)OC(C)(C)C)NC1=O. The van der Waals surface area contributed by atoms with Crippen LogP contribution in [0.5, 0.6) is 0 Å². The molecule has 13 amide bonds. The predicted molar refractivity (Wildman–Crippen MR) is 339 cm³/mol. The van der Waals surface area contributed by atoms with Crippen molar-refractivity contribution < 1.29 is 91.5 Å². The fourth-order valence-electron chi connectivity index (χ4n) is 8.42. The van der Waals surface area contributed by atoms with Crippen LogP contribution in [0.3, 0.4) is 0 Å². The average Bonchev–Trinajstić information content (AvgIpc) is 1.13. The molecule has 93 heavy (non-hydrogen) atoms. The van der Waals surface area contributed by atoms with Gasteiger partial charge in [0.25, 0.3) is 5.91 Å². The zero-order chi connectivity index (χ0) is 71.5. The number of allylic oxidation sites excluding steroid dienone is 1. The van der Waals surface area contributed by atoms with Crippen molar-refractivity contribution in [1.29, 1.82) is 0 Å². The summed E-state index contributed by atoms with van der Waals surface area (Å²) < 4.78 is 21.3. The molecule has 0 aliphatic carbocycles. The molecule has 1 aliphatic rings. The van der Waals surface area contributed by atoms with Crippen LogP contribution < -0.4 is 74.9 Å². The largest absolute Gasteiger partial charge is 0.510 e. The quantitative estimate of drug-likeness (QED) is 0.0416. The van der Waals surface area contributed by atoms with Crippen LogP contribution in [0.25, 0.3) is 0 Å². The van der Waals surface area contributed by atoms with Gasteiger partial charge in [0.05, 0.1) is 6.10 Å². The van der Waals surface area contributed by atoms with Gasteiger partial charge in [0.1, 0.15) is 82.2 Å². The number of hydrogen-bond donors (Lipinski definition) is 16. The topological polar surface area (TPSA) is 482 Å². The second-order valence-corrected chi connectivity index (χ2v) is 27.3. The van der Waals surface area contributed by atoms with Crippen LogP contribution in [0.4, 0.5) is 19.2 Å². The molecular weight excluding hydrogens is 1220 g/mol. The van der Waals surface area contributed by atoms with Crippen LogP contribution in [0.1, 0.15) is 170 Å². The van der Waals surface area contributed by atoms with Crippen molar-refractivity contribution in [3.63, 3.8) is 0 Å². The van der Waals surface area contributed by atoms with Gasteiger partial charge >= 0.3 is 24.4 Å². The van der Waals surface area contributed by atoms with Crippen molar-refractivity contribution in [1.82, 2.24) is 69.1 Å². The number of nitrogens with two attached hydrogens (primary N) is 1. The minimum absolute atomic E-state index is 0.0628. The summed E-state index contributed by atoms with van der Waals surface area (Å²) in [6.07, 6.45) is -7.59. The Morgan fingerprint density at radius 1 is 0.505 bits per heavy atom. The fraction of sp³-hybridized carbons (Fsp3) is 0.750. The molecule has 1 unspecified atom stereocenters. The van der Waals surface area contributed by atoms with E-state index in [-0.39, 0.29) is 57.3 Å². The number of nitrogens with one attached hydrogen (secondary N) is 13. The Morgan fingerprint density at radius 2 is 0.828 bits per heavy atom. The first-order valence-electron chi connectivity index (χ1n) is 31.1. The Bertz CT molecular complexity index is 2620. The van der Waals surface area contributed by atoms with E-state index in [0.29, 0.717) is 0 Å². The first-order chi connectivity index (χ1) is 42.7. The maximum Gasteiger partial charge on any atom is 0.407 e. The van der Waals surface area contributed by atoms with Crippen molar-refractivity contribution in [2.45, 2.75) is 246 Å². The van der Waals surface area contributed by atoms with E-state index in [9.17, 15) is 72.5 Å². The number of carbonyl (C=O) groups is 13. The first kappa shape index (κ1) is 82.6. The molecule has 0 radical (unpaired) electrons. The second kappa shape index (κ2) is 38.0. The number of hydrogen-bond acceptors (Lipinski definition) is 20. The third kappa shape index (κ3) is 35.3. The molecule has 1 aliphatic heterocycles. The van der Waals surface area contributed by atoms with E-state index in [2.05, 4.69) is 69.1 Å². The predicted octanol–water partition coefficient (Wildman–Crippen LogP) is 0.265. The molecule has 33 heteroatoms. The molecule has 0 aromatic heterocycles. The molecule has 0 spiro atoms. The zero-order valence-electron chi connectivity index (χ0n) is 57.2. The third-order valence-corrected chi connectivity index (χ3v) is 12.7. The number of aliphatic hydroxyl groups excluding tert-OH is 2. The highest BCUT2D eigenvalue weighted by Gasteiger charge is 2.37. The normalized spacial score (nSPS) is 21.4. The summed E-state index contributed by atoms with van der Waals surface area (Å²) in [6.45, 7) is 26.5. The van der Waals surface area contributed by atoms with Crippen molar-refractivity contribution in [2.24, 2.45) is 17.6 Å². The van der Waals surface area contributed by atoms with E-state index in [0.717, 1.165) is 13.8 Å². The summed E-state index contributed by atoms with van der Waals surface area (Å²) >= 11 is 0. The molecule has 1 fully saturated rings. The molecule has 1 rings (SSSR count). The van der Waals surface area contributed by atoms with E-state index < -0.39 is 198 Å². The highest BCUT2D eigenvalue weighted by Crippen LogP contribution is 2.14. The maximum atomic E-state index is 14.8. The van der Waals surface area contributed by atoms with Gasteiger partial charge in [-0.1, -0.05) is 27.7 Å². The fourth-order valence-corrected chi connectivity index (χ4v) is 8.42. The lowest BCUT2D eigenvalue weighted by Crippen LogP contribution is -2.61. The van der Waals surface area contributed by atoms with Gasteiger partial charge in [-0.2, -0.15) is 0 Å². The van der Waals surface area contributed by atoms with E-state index in [4.69, 9.17) is 24.7 Å². The Hall–Kier alpha value is -8.39. The van der Waals surface area contributed by atoms with Gasteiger partial charge in [0, 0.05) is 32.7 Å². The van der Waals surface area contributed by atoms with Crippen molar-refractivity contribution in [3.8, 4) is 0 Å². The molecule has 33 nitrogen and oxygen atoms in total. The number of rotatable bonds is 21. The highest BCUT2D eigenvalue weighted by molar-refractivity contribution is 5.99. The van der Waals surface area contributed by atoms with Gasteiger partial charge in [-0.25, -0.2) is 19.2 Å². The Balaban J connectivity index is 4.33. The van der Waals surface area contributed by atoms with E-state index in [1.807, 2.05) is 0 Å². The number of aliphatic hydroxyl groups is 2. The van der Waals surface area contributed by atoms with Crippen molar-refractivity contribution in [2.75, 3.05) is 32.7 Å². The molecule has 0 bridgehead atoms. The zero-order valence-corrected chi connectivity index (χ0v) is 57.2. The maximum absolute atomic E-state index is 14.8. The average molecular weight is 1330 g/mol. The summed E-state index contributed by atoms with van der Waals surface area (Å²) in [4.78, 5) is 181. The van der Waals surface area contributed by atoms with Crippen LogP contribution in [0, 0.1) is 11.8 Å². The number of amides is 13. The first-order valence-corrected chi connectivity index (χ1v) is 31.1. The van der Waals surface area contributed by atoms with Gasteiger partial charge in [-0.05, 0) is 154 Å². The lowest BCUT2D eigenvalue weighted by atomic mass is 9.99. The lowest BCUT2D eigenvalue weighted by molar-refractivity contribution is -0.136. The number of alkyl carbamates (subject to hydrolysis) is 4. The summed E-state index contributed by atoms with van der Waals surface area (Å²) in [5.74, 6) is -10.8. The van der Waals surface area contributed by atoms with Crippen LogP contribution in [0.2, 0.25) is 0 Å². The van der Waals surface area contributed by atoms with Gasteiger partial charge in [-0.3, -0.25) is 43.2 Å². The lowest BCUT2D eigenvalue weighted by Gasteiger charge is -2.29. The summed E-state index contributed by atoms with van der Waals surface area (Å²) in [7, 11) is 0. The van der Waals surface area contributed by atoms with Gasteiger partial charge < -0.3 is 104 Å². The molecule has 17 N–H and O–H groups in total. The summed E-state index contributed by atoms with van der Waals surface area (Å²) in [6, 6.07) is -13.2.